The lowest BCUT2D eigenvalue weighted by Crippen LogP contribution is -2.28. The Balaban J connectivity index is 1.45. The van der Waals surface area contributed by atoms with Crippen molar-refractivity contribution >= 4 is 23.4 Å². The number of alkyl halides is 3. The average Bonchev–Trinajstić information content (AvgIpc) is 3.64. The molecule has 0 unspecified atom stereocenters. The summed E-state index contributed by atoms with van der Waals surface area (Å²) in [5.74, 6) is -0.563. The number of rotatable bonds is 8. The maximum absolute atomic E-state index is 13.5. The molecule has 0 aliphatic heterocycles. The maximum Gasteiger partial charge on any atom is 0.419 e. The average molecular weight is 565 g/mol. The Morgan fingerprint density at radius 3 is 2.17 bits per heavy atom. The van der Waals surface area contributed by atoms with Crippen LogP contribution in [0.25, 0.3) is 22.5 Å². The predicted molar refractivity (Wildman–Crippen MR) is 146 cm³/mol. The first kappa shape index (κ1) is 27.9. The van der Waals surface area contributed by atoms with Crippen LogP contribution in [0.15, 0.2) is 77.3 Å². The molecule has 1 heterocycles. The predicted octanol–water partition coefficient (Wildman–Crippen LogP) is 8.04. The first-order chi connectivity index (χ1) is 19.5. The van der Waals surface area contributed by atoms with E-state index in [1.807, 2.05) is 36.4 Å². The Morgan fingerprint density at radius 2 is 1.61 bits per heavy atom. The molecule has 0 spiro atoms. The van der Waals surface area contributed by atoms with Crippen LogP contribution >= 0.6 is 0 Å². The number of hydrogen-bond acceptors (Lipinski definition) is 5. The summed E-state index contributed by atoms with van der Waals surface area (Å²) in [6.45, 7) is 3.21. The van der Waals surface area contributed by atoms with Gasteiger partial charge in [0.05, 0.1) is 23.3 Å². The van der Waals surface area contributed by atoms with Gasteiger partial charge in [-0.1, -0.05) is 59.8 Å². The molecule has 41 heavy (non-hydrogen) atoms. The highest BCUT2D eigenvalue weighted by Crippen LogP contribution is 2.48. The van der Waals surface area contributed by atoms with Crippen LogP contribution in [0.3, 0.4) is 0 Å². The molecule has 3 aromatic carbocycles. The molecule has 1 amide bonds. The molecule has 4 aromatic rings. The highest BCUT2D eigenvalue weighted by molar-refractivity contribution is 6.00. The van der Waals surface area contributed by atoms with E-state index in [2.05, 4.69) is 5.16 Å². The van der Waals surface area contributed by atoms with E-state index in [1.165, 1.54) is 12.1 Å². The Kier molecular flexibility index (Phi) is 7.33. The summed E-state index contributed by atoms with van der Waals surface area (Å²) in [5.41, 5.74) is 2.20. The molecule has 1 aromatic heterocycles. The number of aliphatic carboxylic acids is 1. The van der Waals surface area contributed by atoms with Crippen LogP contribution in [0.2, 0.25) is 0 Å². The zero-order chi connectivity index (χ0) is 29.4. The lowest BCUT2D eigenvalue weighted by molar-refractivity contribution is -0.143. The second-order valence-electron chi connectivity index (χ2n) is 10.1. The third-order valence-corrected chi connectivity index (χ3v) is 7.22. The van der Waals surface area contributed by atoms with E-state index < -0.39 is 29.2 Å². The van der Waals surface area contributed by atoms with Crippen LogP contribution in [0, 0.1) is 12.3 Å². The molecule has 0 radical (unpaired) electrons. The van der Waals surface area contributed by atoms with Gasteiger partial charge >= 0.3 is 18.2 Å². The van der Waals surface area contributed by atoms with Gasteiger partial charge in [-0.05, 0) is 68.0 Å². The smallest absolute Gasteiger partial charge is 0.419 e. The summed E-state index contributed by atoms with van der Waals surface area (Å²) >= 11 is 0. The third kappa shape index (κ3) is 5.68. The van der Waals surface area contributed by atoms with Crippen LogP contribution in [0.4, 0.5) is 29.3 Å². The number of nitrogens with zero attached hydrogens (tertiary/aromatic N) is 2. The molecular weight excluding hydrogens is 537 g/mol. The second kappa shape index (κ2) is 10.8. The van der Waals surface area contributed by atoms with Crippen molar-refractivity contribution in [1.82, 2.24) is 5.16 Å². The standard InChI is InChI=1S/C31H27F3N2O5/c1-3-40-29(39)36(25-6-4-5-24(17-25)31(32,33)34)26-19(2)35-41-27(26)23-13-11-22(12-14-23)21-9-7-20(8-10-21)18-30(15-16-30)28(37)38/h4-14,17H,3,15-16,18H2,1-2H3,(H,37,38). The SMILES string of the molecule is CCOC(=O)N(c1cccc(C(F)(F)F)c1)c1c(C)noc1-c1ccc(-c2ccc(CC3(C(=O)O)CC3)cc2)cc1. The van der Waals surface area contributed by atoms with Gasteiger partial charge in [0, 0.05) is 5.56 Å². The third-order valence-electron chi connectivity index (χ3n) is 7.22. The minimum Gasteiger partial charge on any atom is -0.481 e. The van der Waals surface area contributed by atoms with E-state index in [9.17, 15) is 27.9 Å². The number of anilines is 2. The minimum absolute atomic E-state index is 0.0126. The zero-order valence-electron chi connectivity index (χ0n) is 22.4. The monoisotopic (exact) mass is 564 g/mol. The number of carbonyl (C=O) groups excluding carboxylic acids is 1. The largest absolute Gasteiger partial charge is 0.481 e. The van der Waals surface area contributed by atoms with E-state index in [0.717, 1.165) is 33.7 Å². The van der Waals surface area contributed by atoms with Gasteiger partial charge in [0.25, 0.3) is 0 Å². The fraction of sp³-hybridized carbons (Fsp3) is 0.258. The molecule has 1 fully saturated rings. The number of halogens is 3. The van der Waals surface area contributed by atoms with Gasteiger partial charge in [0.2, 0.25) is 0 Å². The van der Waals surface area contributed by atoms with Crippen LogP contribution in [-0.4, -0.2) is 28.9 Å². The molecule has 0 bridgehead atoms. The highest BCUT2D eigenvalue weighted by atomic mass is 19.4. The van der Waals surface area contributed by atoms with E-state index in [-0.39, 0.29) is 23.7 Å². The van der Waals surface area contributed by atoms with Gasteiger partial charge in [-0.2, -0.15) is 13.2 Å². The van der Waals surface area contributed by atoms with E-state index >= 15 is 0 Å². The Hall–Kier alpha value is -4.60. The summed E-state index contributed by atoms with van der Waals surface area (Å²) < 4.78 is 51.2. The Bertz CT molecular complexity index is 1570. The molecule has 0 saturated heterocycles. The van der Waals surface area contributed by atoms with Crippen LogP contribution in [0.5, 0.6) is 0 Å². The summed E-state index contributed by atoms with van der Waals surface area (Å²) in [6, 6.07) is 19.4. The number of carboxylic acids is 1. The van der Waals surface area contributed by atoms with Gasteiger partial charge in [-0.15, -0.1) is 0 Å². The van der Waals surface area contributed by atoms with Gasteiger partial charge in [-0.25, -0.2) is 9.69 Å². The molecule has 1 N–H and O–H groups in total. The molecule has 10 heteroatoms. The van der Waals surface area contributed by atoms with Crippen LogP contribution in [-0.2, 0) is 22.1 Å². The van der Waals surface area contributed by atoms with Crippen LogP contribution < -0.4 is 4.90 Å². The van der Waals surface area contributed by atoms with E-state index in [1.54, 1.807) is 26.0 Å². The van der Waals surface area contributed by atoms with Crippen molar-refractivity contribution in [3.63, 3.8) is 0 Å². The Labute approximate surface area is 234 Å². The van der Waals surface area contributed by atoms with Crippen LogP contribution in [0.1, 0.15) is 36.6 Å². The van der Waals surface area contributed by atoms with Crippen molar-refractivity contribution in [2.75, 3.05) is 11.5 Å². The number of hydrogen-bond donors (Lipinski definition) is 1. The fourth-order valence-corrected chi connectivity index (χ4v) is 4.79. The number of carbonyl (C=O) groups is 2. The lowest BCUT2D eigenvalue weighted by atomic mass is 9.94. The summed E-state index contributed by atoms with van der Waals surface area (Å²) in [6.07, 6.45) is -3.59. The van der Waals surface area contributed by atoms with Crippen molar-refractivity contribution in [1.29, 1.82) is 0 Å². The fourth-order valence-electron chi connectivity index (χ4n) is 4.79. The van der Waals surface area contributed by atoms with Crippen molar-refractivity contribution in [2.24, 2.45) is 5.41 Å². The molecule has 1 saturated carbocycles. The molecule has 1 aliphatic carbocycles. The number of aryl methyl sites for hydroxylation is 1. The van der Waals surface area contributed by atoms with Gasteiger partial charge in [-0.3, -0.25) is 4.79 Å². The second-order valence-corrected chi connectivity index (χ2v) is 10.1. The molecule has 0 atom stereocenters. The molecule has 5 rings (SSSR count). The number of carboxylic acid groups (broad SMARTS) is 1. The van der Waals surface area contributed by atoms with Crippen molar-refractivity contribution in [2.45, 2.75) is 39.3 Å². The van der Waals surface area contributed by atoms with Gasteiger partial charge < -0.3 is 14.4 Å². The maximum atomic E-state index is 13.5. The summed E-state index contributed by atoms with van der Waals surface area (Å²) in [4.78, 5) is 25.6. The number of aromatic nitrogens is 1. The van der Waals surface area contributed by atoms with Crippen molar-refractivity contribution in [3.05, 3.63) is 89.6 Å². The number of ether oxygens (including phenoxy) is 1. The molecule has 212 valence electrons. The summed E-state index contributed by atoms with van der Waals surface area (Å²) in [5, 5.41) is 13.5. The number of amides is 1. The van der Waals surface area contributed by atoms with Gasteiger partial charge in [0.1, 0.15) is 11.4 Å². The zero-order valence-corrected chi connectivity index (χ0v) is 22.4. The first-order valence-electron chi connectivity index (χ1n) is 13.1. The molecular formula is C31H27F3N2O5. The minimum atomic E-state index is -4.60. The molecule has 7 nitrogen and oxygen atoms in total. The van der Waals surface area contributed by atoms with E-state index in [4.69, 9.17) is 9.26 Å². The topological polar surface area (TPSA) is 92.9 Å². The Morgan fingerprint density at radius 1 is 1.00 bits per heavy atom. The number of benzene rings is 3. The highest BCUT2D eigenvalue weighted by Gasteiger charge is 2.49. The van der Waals surface area contributed by atoms with Gasteiger partial charge in [0.15, 0.2) is 5.76 Å². The van der Waals surface area contributed by atoms with Crippen molar-refractivity contribution < 1.29 is 37.1 Å². The lowest BCUT2D eigenvalue weighted by Gasteiger charge is -2.23. The van der Waals surface area contributed by atoms with E-state index in [0.29, 0.717) is 30.5 Å². The first-order valence-corrected chi connectivity index (χ1v) is 13.1. The van der Waals surface area contributed by atoms with Crippen molar-refractivity contribution in [3.8, 4) is 22.5 Å². The molecule has 1 aliphatic rings. The quantitative estimate of drug-likeness (QED) is 0.233. The summed E-state index contributed by atoms with van der Waals surface area (Å²) in [7, 11) is 0. The normalized spacial score (nSPS) is 14.0.